The maximum absolute atomic E-state index is 12.9. The van der Waals surface area contributed by atoms with E-state index < -0.39 is 23.7 Å². The first-order valence-electron chi connectivity index (χ1n) is 14.6. The molecule has 1 fully saturated rings. The number of aromatic nitrogens is 1. The Bertz CT molecular complexity index is 1260. The zero-order valence-corrected chi connectivity index (χ0v) is 25.5. The number of carboxylic acid groups (broad SMARTS) is 1. The highest BCUT2D eigenvalue weighted by atomic mass is 16.6. The average Bonchev–Trinajstić information content (AvgIpc) is 2.91. The van der Waals surface area contributed by atoms with E-state index in [0.29, 0.717) is 30.8 Å². The summed E-state index contributed by atoms with van der Waals surface area (Å²) in [6.45, 7) is 11.5. The predicted octanol–water partition coefficient (Wildman–Crippen LogP) is 4.64. The van der Waals surface area contributed by atoms with Crippen LogP contribution in [0.25, 0.3) is 11.1 Å². The SMILES string of the molecule is Cc1nc(C(=O)NC(C)C)ccc1-c1ccc(CC(NC(=O)C2CCC(CNC(=O)OC(C)(C)C)CC2)C(=O)O)cc1. The number of hydrogen-bond donors (Lipinski definition) is 4. The highest BCUT2D eigenvalue weighted by Gasteiger charge is 2.30. The maximum Gasteiger partial charge on any atom is 0.407 e. The number of benzene rings is 1. The molecule has 1 aromatic heterocycles. The molecule has 1 unspecified atom stereocenters. The van der Waals surface area contributed by atoms with Gasteiger partial charge in [-0.1, -0.05) is 30.3 Å². The number of carbonyl (C=O) groups is 4. The van der Waals surface area contributed by atoms with Crippen LogP contribution in [0, 0.1) is 18.8 Å². The minimum absolute atomic E-state index is 0.0149. The van der Waals surface area contributed by atoms with E-state index in [0.717, 1.165) is 29.5 Å². The molecule has 42 heavy (non-hydrogen) atoms. The van der Waals surface area contributed by atoms with Crippen molar-refractivity contribution in [3.8, 4) is 11.1 Å². The van der Waals surface area contributed by atoms with Gasteiger partial charge in [-0.15, -0.1) is 0 Å². The molecule has 10 nitrogen and oxygen atoms in total. The van der Waals surface area contributed by atoms with Crippen molar-refractivity contribution in [2.75, 3.05) is 6.54 Å². The molecule has 1 aliphatic rings. The van der Waals surface area contributed by atoms with Crippen molar-refractivity contribution in [1.29, 1.82) is 0 Å². The molecule has 4 N–H and O–H groups in total. The second-order valence-corrected chi connectivity index (χ2v) is 12.4. The van der Waals surface area contributed by atoms with Gasteiger partial charge in [0.2, 0.25) is 5.91 Å². The molecular weight excluding hydrogens is 536 g/mol. The lowest BCUT2D eigenvalue weighted by Gasteiger charge is -2.29. The lowest BCUT2D eigenvalue weighted by molar-refractivity contribution is -0.142. The Hall–Kier alpha value is -3.95. The van der Waals surface area contributed by atoms with Crippen LogP contribution in [-0.4, -0.2) is 58.2 Å². The molecule has 0 spiro atoms. The Morgan fingerprint density at radius 2 is 1.62 bits per heavy atom. The fraction of sp³-hybridized carbons (Fsp3) is 0.531. The minimum atomic E-state index is -1.09. The van der Waals surface area contributed by atoms with Crippen molar-refractivity contribution in [1.82, 2.24) is 20.9 Å². The highest BCUT2D eigenvalue weighted by Crippen LogP contribution is 2.29. The number of pyridine rings is 1. The molecule has 1 aliphatic carbocycles. The molecule has 0 aliphatic heterocycles. The summed E-state index contributed by atoms with van der Waals surface area (Å²) in [6, 6.07) is 9.99. The van der Waals surface area contributed by atoms with E-state index in [-0.39, 0.29) is 36.1 Å². The largest absolute Gasteiger partial charge is 0.480 e. The summed E-state index contributed by atoms with van der Waals surface area (Å²) in [7, 11) is 0. The molecule has 0 saturated heterocycles. The van der Waals surface area contributed by atoms with Crippen molar-refractivity contribution >= 4 is 23.9 Å². The number of hydrogen-bond acceptors (Lipinski definition) is 6. The number of amides is 3. The standard InChI is InChI=1S/C32H44N4O6/c1-19(2)34-29(38)26-16-15-25(20(3)35-26)23-11-7-21(8-12-23)17-27(30(39)40)36-28(37)24-13-9-22(10-14-24)18-33-31(41)42-32(4,5)6/h7-8,11-12,15-16,19,22,24,27H,9-10,13-14,17-18H2,1-6H3,(H,33,41)(H,34,38)(H,36,37)(H,39,40). The topological polar surface area (TPSA) is 147 Å². The van der Waals surface area contributed by atoms with E-state index in [1.165, 1.54) is 0 Å². The van der Waals surface area contributed by atoms with E-state index >= 15 is 0 Å². The number of nitrogens with zero attached hydrogens (tertiary/aromatic N) is 1. The molecule has 1 saturated carbocycles. The van der Waals surface area contributed by atoms with Gasteiger partial charge in [0.05, 0.1) is 0 Å². The summed E-state index contributed by atoms with van der Waals surface area (Å²) < 4.78 is 5.27. The van der Waals surface area contributed by atoms with Gasteiger partial charge in [0.1, 0.15) is 17.3 Å². The smallest absolute Gasteiger partial charge is 0.407 e. The lowest BCUT2D eigenvalue weighted by Crippen LogP contribution is -2.46. The zero-order valence-electron chi connectivity index (χ0n) is 25.5. The number of aryl methyl sites for hydroxylation is 1. The summed E-state index contributed by atoms with van der Waals surface area (Å²) in [5, 5.41) is 18.2. The Kier molecular flexibility index (Phi) is 11.1. The Labute approximate surface area is 248 Å². The molecular formula is C32H44N4O6. The third-order valence-corrected chi connectivity index (χ3v) is 7.21. The zero-order chi connectivity index (χ0) is 31.0. The van der Waals surface area contributed by atoms with E-state index in [2.05, 4.69) is 20.9 Å². The van der Waals surface area contributed by atoms with Crippen LogP contribution in [0.2, 0.25) is 0 Å². The van der Waals surface area contributed by atoms with E-state index in [1.807, 2.05) is 71.9 Å². The van der Waals surface area contributed by atoms with Crippen molar-refractivity contribution < 1.29 is 29.0 Å². The predicted molar refractivity (Wildman–Crippen MR) is 160 cm³/mol. The summed E-state index contributed by atoms with van der Waals surface area (Å²) in [5.41, 5.74) is 3.06. The molecule has 3 amide bonds. The number of nitrogens with one attached hydrogen (secondary N) is 3. The Morgan fingerprint density at radius 1 is 0.976 bits per heavy atom. The third-order valence-electron chi connectivity index (χ3n) is 7.21. The van der Waals surface area contributed by atoms with Crippen LogP contribution < -0.4 is 16.0 Å². The van der Waals surface area contributed by atoms with Gasteiger partial charge in [-0.3, -0.25) is 9.59 Å². The van der Waals surface area contributed by atoms with Gasteiger partial charge < -0.3 is 25.8 Å². The molecule has 1 aromatic carbocycles. The second-order valence-electron chi connectivity index (χ2n) is 12.4. The van der Waals surface area contributed by atoms with Gasteiger partial charge in [0, 0.05) is 36.2 Å². The van der Waals surface area contributed by atoms with Crippen LogP contribution in [0.5, 0.6) is 0 Å². The van der Waals surface area contributed by atoms with Crippen LogP contribution >= 0.6 is 0 Å². The van der Waals surface area contributed by atoms with Crippen molar-refractivity contribution in [2.24, 2.45) is 11.8 Å². The second kappa shape index (κ2) is 14.3. The number of carbonyl (C=O) groups excluding carboxylic acids is 3. The van der Waals surface area contributed by atoms with Crippen LogP contribution in [-0.2, 0) is 20.7 Å². The number of rotatable bonds is 10. The molecule has 10 heteroatoms. The molecule has 1 atom stereocenters. The van der Waals surface area contributed by atoms with Crippen LogP contribution in [0.15, 0.2) is 36.4 Å². The third kappa shape index (κ3) is 9.85. The highest BCUT2D eigenvalue weighted by molar-refractivity contribution is 5.93. The van der Waals surface area contributed by atoms with Gasteiger partial charge >= 0.3 is 12.1 Å². The summed E-state index contributed by atoms with van der Waals surface area (Å²) in [4.78, 5) is 53.6. The fourth-order valence-corrected chi connectivity index (χ4v) is 5.05. The van der Waals surface area contributed by atoms with Crippen LogP contribution in [0.4, 0.5) is 4.79 Å². The van der Waals surface area contributed by atoms with Gasteiger partial charge in [-0.2, -0.15) is 0 Å². The van der Waals surface area contributed by atoms with Gasteiger partial charge in [-0.25, -0.2) is 14.6 Å². The quantitative estimate of drug-likeness (QED) is 0.320. The number of ether oxygens (including phenoxy) is 1. The van der Waals surface area contributed by atoms with Crippen molar-refractivity contribution in [3.63, 3.8) is 0 Å². The summed E-state index contributed by atoms with van der Waals surface area (Å²) in [6.07, 6.45) is 2.52. The first-order valence-corrected chi connectivity index (χ1v) is 14.6. The van der Waals surface area contributed by atoms with E-state index in [9.17, 15) is 24.3 Å². The minimum Gasteiger partial charge on any atom is -0.480 e. The van der Waals surface area contributed by atoms with Gasteiger partial charge in [0.15, 0.2) is 0 Å². The molecule has 1 heterocycles. The number of alkyl carbamates (subject to hydrolysis) is 1. The van der Waals surface area contributed by atoms with E-state index in [4.69, 9.17) is 4.74 Å². The number of aliphatic carboxylic acids is 1. The van der Waals surface area contributed by atoms with Gasteiger partial charge in [0.25, 0.3) is 5.91 Å². The molecule has 2 aromatic rings. The first-order chi connectivity index (χ1) is 19.7. The average molecular weight is 581 g/mol. The van der Waals surface area contributed by atoms with Crippen molar-refractivity contribution in [3.05, 3.63) is 53.3 Å². The Balaban J connectivity index is 1.53. The Morgan fingerprint density at radius 3 is 2.17 bits per heavy atom. The maximum atomic E-state index is 12.9. The fourth-order valence-electron chi connectivity index (χ4n) is 5.05. The molecule has 0 radical (unpaired) electrons. The normalized spacial score (nSPS) is 17.7. The molecule has 3 rings (SSSR count). The summed E-state index contributed by atoms with van der Waals surface area (Å²) in [5.74, 6) is -1.56. The first kappa shape index (κ1) is 32.6. The molecule has 0 bridgehead atoms. The van der Waals surface area contributed by atoms with Crippen LogP contribution in [0.1, 0.15) is 82.0 Å². The number of carboxylic acids is 1. The lowest BCUT2D eigenvalue weighted by atomic mass is 9.81. The molecule has 228 valence electrons. The van der Waals surface area contributed by atoms with Crippen molar-refractivity contribution in [2.45, 2.75) is 91.3 Å². The van der Waals surface area contributed by atoms with E-state index in [1.54, 1.807) is 6.07 Å². The monoisotopic (exact) mass is 580 g/mol. The summed E-state index contributed by atoms with van der Waals surface area (Å²) >= 11 is 0. The van der Waals surface area contributed by atoms with Crippen LogP contribution in [0.3, 0.4) is 0 Å². The van der Waals surface area contributed by atoms with Gasteiger partial charge in [-0.05, 0) is 90.3 Å².